The van der Waals surface area contributed by atoms with E-state index in [2.05, 4.69) is 15.3 Å². The monoisotopic (exact) mass is 250 g/mol. The van der Waals surface area contributed by atoms with Crippen molar-refractivity contribution in [1.29, 1.82) is 0 Å². The lowest BCUT2D eigenvalue weighted by atomic mass is 9.95. The molecule has 1 saturated carbocycles. The van der Waals surface area contributed by atoms with Gasteiger partial charge in [0.05, 0.1) is 0 Å². The maximum atomic E-state index is 5.79. The zero-order valence-corrected chi connectivity index (χ0v) is 11.0. The number of nitrogens with one attached hydrogen (secondary N) is 1. The highest BCUT2D eigenvalue weighted by Crippen LogP contribution is 2.21. The van der Waals surface area contributed by atoms with Crippen LogP contribution in [0.4, 0.5) is 11.6 Å². The topological polar surface area (TPSA) is 73.1 Å². The molecule has 1 heterocycles. The van der Waals surface area contributed by atoms with E-state index >= 15 is 0 Å². The molecule has 1 aromatic heterocycles. The normalized spacial score (nSPS) is 16.7. The first-order chi connectivity index (χ1) is 8.78. The zero-order chi connectivity index (χ0) is 12.8. The number of nitrogens with zero attached hydrogens (tertiary/aromatic N) is 2. The van der Waals surface area contributed by atoms with E-state index in [1.807, 2.05) is 6.92 Å². The van der Waals surface area contributed by atoms with Gasteiger partial charge in [-0.15, -0.1) is 0 Å². The molecular formula is C13H22N4O. The van der Waals surface area contributed by atoms with E-state index in [0.717, 1.165) is 5.82 Å². The third-order valence-electron chi connectivity index (χ3n) is 3.18. The Kier molecular flexibility index (Phi) is 4.75. The Morgan fingerprint density at radius 1 is 1.33 bits per heavy atom. The van der Waals surface area contributed by atoms with E-state index in [1.54, 1.807) is 6.07 Å². The molecule has 5 heteroatoms. The fraction of sp³-hybridized carbons (Fsp3) is 0.692. The van der Waals surface area contributed by atoms with Crippen LogP contribution < -0.4 is 11.1 Å². The van der Waals surface area contributed by atoms with Crippen molar-refractivity contribution in [1.82, 2.24) is 9.97 Å². The number of ether oxygens (including phenoxy) is 1. The molecule has 1 aromatic rings. The number of hydrogen-bond donors (Lipinski definition) is 2. The van der Waals surface area contributed by atoms with E-state index in [-0.39, 0.29) is 0 Å². The van der Waals surface area contributed by atoms with Gasteiger partial charge in [0, 0.05) is 18.7 Å². The van der Waals surface area contributed by atoms with Crippen LogP contribution >= 0.6 is 0 Å². The first kappa shape index (κ1) is 13.1. The molecule has 2 rings (SSSR count). The van der Waals surface area contributed by atoms with Crippen LogP contribution in [0.25, 0.3) is 0 Å². The quantitative estimate of drug-likeness (QED) is 0.839. The number of nitrogens with two attached hydrogens (primary N) is 1. The lowest BCUT2D eigenvalue weighted by Gasteiger charge is -2.23. The van der Waals surface area contributed by atoms with Crippen molar-refractivity contribution in [2.45, 2.75) is 51.7 Å². The Balaban J connectivity index is 1.99. The molecule has 0 aromatic carbocycles. The second-order valence-corrected chi connectivity index (χ2v) is 4.71. The van der Waals surface area contributed by atoms with Gasteiger partial charge in [0.15, 0.2) is 5.82 Å². The van der Waals surface area contributed by atoms with Crippen molar-refractivity contribution < 1.29 is 4.74 Å². The molecule has 1 fully saturated rings. The fourth-order valence-electron chi connectivity index (χ4n) is 2.31. The predicted octanol–water partition coefficient (Wildman–Crippen LogP) is 2.34. The van der Waals surface area contributed by atoms with Gasteiger partial charge in [0.1, 0.15) is 18.2 Å². The molecule has 0 amide bonds. The number of hydrogen-bond acceptors (Lipinski definition) is 5. The highest BCUT2D eigenvalue weighted by molar-refractivity contribution is 5.45. The minimum absolute atomic E-state index is 0.418. The summed E-state index contributed by atoms with van der Waals surface area (Å²) in [5.41, 5.74) is 5.79. The Hall–Kier alpha value is -1.36. The van der Waals surface area contributed by atoms with Gasteiger partial charge in [-0.3, -0.25) is 0 Å². The molecule has 0 radical (unpaired) electrons. The van der Waals surface area contributed by atoms with E-state index < -0.39 is 0 Å². The molecule has 18 heavy (non-hydrogen) atoms. The largest absolute Gasteiger partial charge is 0.384 e. The molecule has 0 atom stereocenters. The van der Waals surface area contributed by atoms with Crippen LogP contribution in [-0.2, 0) is 11.3 Å². The third kappa shape index (κ3) is 3.84. The molecule has 3 N–H and O–H groups in total. The Labute approximate surface area is 108 Å². The van der Waals surface area contributed by atoms with Gasteiger partial charge in [0.2, 0.25) is 0 Å². The summed E-state index contributed by atoms with van der Waals surface area (Å²) in [5.74, 6) is 1.97. The van der Waals surface area contributed by atoms with Crippen molar-refractivity contribution in [2.75, 3.05) is 17.7 Å². The molecule has 0 spiro atoms. The summed E-state index contributed by atoms with van der Waals surface area (Å²) in [7, 11) is 0. The first-order valence-corrected chi connectivity index (χ1v) is 6.75. The molecule has 1 aliphatic carbocycles. The smallest absolute Gasteiger partial charge is 0.158 e. The number of nitrogen functional groups attached to an aromatic ring is 1. The Morgan fingerprint density at radius 2 is 2.11 bits per heavy atom. The summed E-state index contributed by atoms with van der Waals surface area (Å²) in [6.45, 7) is 3.03. The standard InChI is InChI=1S/C13H22N4O/c1-2-18-9-13-16-11(14)8-12(17-13)15-10-6-4-3-5-7-10/h8,10H,2-7,9H2,1H3,(H3,14,15,16,17). The molecule has 1 aliphatic rings. The van der Waals surface area contributed by atoms with Gasteiger partial charge in [-0.25, -0.2) is 9.97 Å². The van der Waals surface area contributed by atoms with E-state index in [0.29, 0.717) is 30.9 Å². The molecule has 100 valence electrons. The minimum Gasteiger partial charge on any atom is -0.384 e. The van der Waals surface area contributed by atoms with Gasteiger partial charge in [0.25, 0.3) is 0 Å². The van der Waals surface area contributed by atoms with Gasteiger partial charge in [-0.05, 0) is 19.8 Å². The second-order valence-electron chi connectivity index (χ2n) is 4.71. The van der Waals surface area contributed by atoms with Gasteiger partial charge in [-0.1, -0.05) is 19.3 Å². The molecule has 0 unspecified atom stereocenters. The van der Waals surface area contributed by atoms with Crippen molar-refractivity contribution in [3.8, 4) is 0 Å². The average molecular weight is 250 g/mol. The highest BCUT2D eigenvalue weighted by atomic mass is 16.5. The van der Waals surface area contributed by atoms with E-state index in [4.69, 9.17) is 10.5 Å². The molecule has 0 bridgehead atoms. The first-order valence-electron chi connectivity index (χ1n) is 6.75. The fourth-order valence-corrected chi connectivity index (χ4v) is 2.31. The molecule has 0 aliphatic heterocycles. The molecule has 5 nitrogen and oxygen atoms in total. The summed E-state index contributed by atoms with van der Waals surface area (Å²) >= 11 is 0. The molecule has 0 saturated heterocycles. The summed E-state index contributed by atoms with van der Waals surface area (Å²) < 4.78 is 5.31. The van der Waals surface area contributed by atoms with Crippen LogP contribution in [0, 0.1) is 0 Å². The lowest BCUT2D eigenvalue weighted by Crippen LogP contribution is -2.23. The Morgan fingerprint density at radius 3 is 2.83 bits per heavy atom. The zero-order valence-electron chi connectivity index (χ0n) is 11.0. The maximum absolute atomic E-state index is 5.79. The summed E-state index contributed by atoms with van der Waals surface area (Å²) in [4.78, 5) is 8.60. The van der Waals surface area contributed by atoms with Crippen LogP contribution in [-0.4, -0.2) is 22.6 Å². The highest BCUT2D eigenvalue weighted by Gasteiger charge is 2.14. The molecular weight excluding hydrogens is 228 g/mol. The SMILES string of the molecule is CCOCc1nc(N)cc(NC2CCCCC2)n1. The number of anilines is 2. The Bertz CT molecular complexity index is 377. The van der Waals surface area contributed by atoms with Crippen molar-refractivity contribution in [2.24, 2.45) is 0 Å². The second kappa shape index (κ2) is 6.54. The summed E-state index contributed by atoms with van der Waals surface area (Å²) in [6.07, 6.45) is 6.36. The third-order valence-corrected chi connectivity index (χ3v) is 3.18. The van der Waals surface area contributed by atoms with Crippen LogP contribution in [0.3, 0.4) is 0 Å². The van der Waals surface area contributed by atoms with Crippen molar-refractivity contribution >= 4 is 11.6 Å². The van der Waals surface area contributed by atoms with Gasteiger partial charge in [-0.2, -0.15) is 0 Å². The van der Waals surface area contributed by atoms with E-state index in [9.17, 15) is 0 Å². The summed E-state index contributed by atoms with van der Waals surface area (Å²) in [5, 5.41) is 3.45. The van der Waals surface area contributed by atoms with Crippen LogP contribution in [0.5, 0.6) is 0 Å². The van der Waals surface area contributed by atoms with Crippen molar-refractivity contribution in [3.05, 3.63) is 11.9 Å². The lowest BCUT2D eigenvalue weighted by molar-refractivity contribution is 0.128. The average Bonchev–Trinajstić information content (AvgIpc) is 2.37. The van der Waals surface area contributed by atoms with Crippen LogP contribution in [0.2, 0.25) is 0 Å². The number of rotatable bonds is 5. The predicted molar refractivity (Wildman–Crippen MR) is 72.3 cm³/mol. The summed E-state index contributed by atoms with van der Waals surface area (Å²) in [6, 6.07) is 2.32. The van der Waals surface area contributed by atoms with Crippen LogP contribution in [0.15, 0.2) is 6.07 Å². The minimum atomic E-state index is 0.418. The van der Waals surface area contributed by atoms with Gasteiger partial charge < -0.3 is 15.8 Å². The van der Waals surface area contributed by atoms with Gasteiger partial charge >= 0.3 is 0 Å². The van der Waals surface area contributed by atoms with Crippen LogP contribution in [0.1, 0.15) is 44.9 Å². The van der Waals surface area contributed by atoms with E-state index in [1.165, 1.54) is 32.1 Å². The van der Waals surface area contributed by atoms with Crippen molar-refractivity contribution in [3.63, 3.8) is 0 Å². The number of aromatic nitrogens is 2. The maximum Gasteiger partial charge on any atom is 0.158 e.